The zero-order valence-corrected chi connectivity index (χ0v) is 16.5. The molecular formula is C22H17FN4O4. The SMILES string of the molecule is Cc1ccc(NC(=O)Cn2cccc2-c2nc(-c3ccc4c(c3)OCO4)no2)c(F)c1. The van der Waals surface area contributed by atoms with E-state index < -0.39 is 5.82 Å². The van der Waals surface area contributed by atoms with Crippen molar-refractivity contribution in [3.63, 3.8) is 0 Å². The van der Waals surface area contributed by atoms with Crippen LogP contribution in [0, 0.1) is 12.7 Å². The first-order valence-corrected chi connectivity index (χ1v) is 9.52. The van der Waals surface area contributed by atoms with Gasteiger partial charge in [0.2, 0.25) is 18.5 Å². The molecule has 8 nitrogen and oxygen atoms in total. The Morgan fingerprint density at radius 3 is 2.90 bits per heavy atom. The molecule has 1 aliphatic rings. The van der Waals surface area contributed by atoms with Crippen LogP contribution in [0.4, 0.5) is 10.1 Å². The molecule has 0 bridgehead atoms. The molecule has 0 aliphatic carbocycles. The summed E-state index contributed by atoms with van der Waals surface area (Å²) in [4.78, 5) is 16.9. The summed E-state index contributed by atoms with van der Waals surface area (Å²) in [7, 11) is 0. The summed E-state index contributed by atoms with van der Waals surface area (Å²) in [6, 6.07) is 13.5. The first kappa shape index (κ1) is 18.9. The van der Waals surface area contributed by atoms with E-state index in [1.807, 2.05) is 6.07 Å². The number of hydrogen-bond donors (Lipinski definition) is 1. The smallest absolute Gasteiger partial charge is 0.274 e. The third-order valence-electron chi connectivity index (χ3n) is 4.82. The minimum atomic E-state index is -0.480. The standard InChI is InChI=1S/C22H17FN4O4/c1-13-4-6-16(15(23)9-13)24-20(28)11-27-8-2-3-17(27)22-25-21(26-31-22)14-5-7-18-19(10-14)30-12-29-18/h2-10H,11-12H2,1H3,(H,24,28). The number of benzene rings is 2. The monoisotopic (exact) mass is 420 g/mol. The lowest BCUT2D eigenvalue weighted by Gasteiger charge is -2.09. The average Bonchev–Trinajstić information content (AvgIpc) is 3.49. The Kier molecular flexibility index (Phi) is 4.62. The summed E-state index contributed by atoms with van der Waals surface area (Å²) in [5.74, 6) is 1.06. The van der Waals surface area contributed by atoms with Crippen molar-refractivity contribution in [3.05, 3.63) is 66.1 Å². The number of halogens is 1. The van der Waals surface area contributed by atoms with E-state index in [-0.39, 0.29) is 30.8 Å². The molecule has 31 heavy (non-hydrogen) atoms. The first-order chi connectivity index (χ1) is 15.1. The van der Waals surface area contributed by atoms with E-state index in [9.17, 15) is 9.18 Å². The van der Waals surface area contributed by atoms with Crippen molar-refractivity contribution < 1.29 is 23.2 Å². The summed E-state index contributed by atoms with van der Waals surface area (Å²) in [5.41, 5.74) is 2.19. The number of amides is 1. The number of carbonyl (C=O) groups excluding carboxylic acids is 1. The molecule has 9 heteroatoms. The van der Waals surface area contributed by atoms with E-state index in [2.05, 4.69) is 15.5 Å². The second kappa shape index (κ2) is 7.60. The predicted molar refractivity (Wildman–Crippen MR) is 109 cm³/mol. The van der Waals surface area contributed by atoms with Gasteiger partial charge < -0.3 is 23.9 Å². The molecule has 2 aromatic carbocycles. The Morgan fingerprint density at radius 1 is 1.16 bits per heavy atom. The van der Waals surface area contributed by atoms with E-state index in [4.69, 9.17) is 14.0 Å². The van der Waals surface area contributed by atoms with Gasteiger partial charge in [-0.3, -0.25) is 4.79 Å². The number of aromatic nitrogens is 3. The van der Waals surface area contributed by atoms with E-state index in [1.165, 1.54) is 12.1 Å². The predicted octanol–water partition coefficient (Wildman–Crippen LogP) is 4.02. The van der Waals surface area contributed by atoms with E-state index in [1.54, 1.807) is 48.0 Å². The molecule has 5 rings (SSSR count). The quantitative estimate of drug-likeness (QED) is 0.524. The van der Waals surface area contributed by atoms with Crippen LogP contribution in [-0.4, -0.2) is 27.4 Å². The van der Waals surface area contributed by atoms with Crippen molar-refractivity contribution in [2.75, 3.05) is 12.1 Å². The van der Waals surface area contributed by atoms with Crippen LogP contribution in [0.2, 0.25) is 0 Å². The molecule has 156 valence electrons. The lowest BCUT2D eigenvalue weighted by atomic mass is 10.2. The van der Waals surface area contributed by atoms with Crippen LogP contribution < -0.4 is 14.8 Å². The lowest BCUT2D eigenvalue weighted by Crippen LogP contribution is -2.19. The molecule has 0 fully saturated rings. The Morgan fingerprint density at radius 2 is 2.03 bits per heavy atom. The van der Waals surface area contributed by atoms with Crippen molar-refractivity contribution in [1.29, 1.82) is 0 Å². The third kappa shape index (κ3) is 3.73. The maximum Gasteiger partial charge on any atom is 0.274 e. The van der Waals surface area contributed by atoms with Gasteiger partial charge in [-0.25, -0.2) is 4.39 Å². The summed E-state index contributed by atoms with van der Waals surface area (Å²) >= 11 is 0. The number of nitrogens with one attached hydrogen (secondary N) is 1. The maximum atomic E-state index is 14.0. The molecular weight excluding hydrogens is 403 g/mol. The number of rotatable bonds is 5. The van der Waals surface area contributed by atoms with E-state index in [0.717, 1.165) is 5.56 Å². The lowest BCUT2D eigenvalue weighted by molar-refractivity contribution is -0.116. The second-order valence-electron chi connectivity index (χ2n) is 7.04. The van der Waals surface area contributed by atoms with Crippen LogP contribution in [0.3, 0.4) is 0 Å². The largest absolute Gasteiger partial charge is 0.454 e. The van der Waals surface area contributed by atoms with E-state index >= 15 is 0 Å². The van der Waals surface area contributed by atoms with Gasteiger partial charge in [0.25, 0.3) is 5.89 Å². The van der Waals surface area contributed by atoms with Gasteiger partial charge >= 0.3 is 0 Å². The number of ether oxygens (including phenoxy) is 2. The number of aryl methyl sites for hydroxylation is 1. The highest BCUT2D eigenvalue weighted by Crippen LogP contribution is 2.35. The molecule has 1 N–H and O–H groups in total. The minimum Gasteiger partial charge on any atom is -0.454 e. The number of fused-ring (bicyclic) bond motifs is 1. The van der Waals surface area contributed by atoms with Gasteiger partial charge in [0.1, 0.15) is 18.1 Å². The fraction of sp³-hybridized carbons (Fsp3) is 0.136. The van der Waals surface area contributed by atoms with Gasteiger partial charge in [-0.1, -0.05) is 11.2 Å². The summed E-state index contributed by atoms with van der Waals surface area (Å²) in [5, 5.41) is 6.61. The van der Waals surface area contributed by atoms with Crippen molar-refractivity contribution in [1.82, 2.24) is 14.7 Å². The fourth-order valence-corrected chi connectivity index (χ4v) is 3.29. The van der Waals surface area contributed by atoms with Gasteiger partial charge in [-0.2, -0.15) is 4.98 Å². The molecule has 0 atom stereocenters. The van der Waals surface area contributed by atoms with Crippen molar-refractivity contribution in [2.45, 2.75) is 13.5 Å². The van der Waals surface area contributed by atoms with Crippen LogP contribution in [0.25, 0.3) is 23.0 Å². The van der Waals surface area contributed by atoms with Crippen LogP contribution in [0.5, 0.6) is 11.5 Å². The van der Waals surface area contributed by atoms with Crippen molar-refractivity contribution in [3.8, 4) is 34.5 Å². The fourth-order valence-electron chi connectivity index (χ4n) is 3.29. The Hall–Kier alpha value is -4.14. The van der Waals surface area contributed by atoms with Gasteiger partial charge in [0.05, 0.1) is 5.69 Å². The molecule has 3 heterocycles. The van der Waals surface area contributed by atoms with Crippen LogP contribution in [0.1, 0.15) is 5.56 Å². The maximum absolute atomic E-state index is 14.0. The molecule has 0 spiro atoms. The summed E-state index contributed by atoms with van der Waals surface area (Å²) < 4.78 is 31.8. The van der Waals surface area contributed by atoms with Crippen LogP contribution in [0.15, 0.2) is 59.3 Å². The molecule has 0 unspecified atom stereocenters. The van der Waals surface area contributed by atoms with Crippen molar-refractivity contribution >= 4 is 11.6 Å². The average molecular weight is 420 g/mol. The van der Waals surface area contributed by atoms with Crippen molar-refractivity contribution in [2.24, 2.45) is 0 Å². The minimum absolute atomic E-state index is 0.0443. The molecule has 1 amide bonds. The molecule has 2 aromatic heterocycles. The molecule has 0 saturated heterocycles. The molecule has 4 aromatic rings. The van der Waals surface area contributed by atoms with Crippen LogP contribution in [-0.2, 0) is 11.3 Å². The third-order valence-corrected chi connectivity index (χ3v) is 4.82. The highest BCUT2D eigenvalue weighted by molar-refractivity contribution is 5.91. The topological polar surface area (TPSA) is 91.4 Å². The van der Waals surface area contributed by atoms with Gasteiger partial charge in [-0.05, 0) is 55.0 Å². The zero-order valence-electron chi connectivity index (χ0n) is 16.5. The molecule has 0 saturated carbocycles. The van der Waals surface area contributed by atoms with E-state index in [0.29, 0.717) is 28.6 Å². The number of nitrogens with zero attached hydrogens (tertiary/aromatic N) is 3. The van der Waals surface area contributed by atoms with Gasteiger partial charge in [-0.15, -0.1) is 0 Å². The number of carbonyl (C=O) groups is 1. The Balaban J connectivity index is 1.34. The molecule has 0 radical (unpaired) electrons. The second-order valence-corrected chi connectivity index (χ2v) is 7.04. The number of anilines is 1. The highest BCUT2D eigenvalue weighted by Gasteiger charge is 2.19. The summed E-state index contributed by atoms with van der Waals surface area (Å²) in [6.45, 7) is 1.92. The Labute approximate surface area is 176 Å². The first-order valence-electron chi connectivity index (χ1n) is 9.52. The van der Waals surface area contributed by atoms with Crippen LogP contribution >= 0.6 is 0 Å². The molecule has 1 aliphatic heterocycles. The number of hydrogen-bond acceptors (Lipinski definition) is 6. The normalized spacial score (nSPS) is 12.2. The Bertz CT molecular complexity index is 1280. The summed E-state index contributed by atoms with van der Waals surface area (Å²) in [6.07, 6.45) is 1.71. The van der Waals surface area contributed by atoms with Gasteiger partial charge in [0.15, 0.2) is 11.5 Å². The zero-order chi connectivity index (χ0) is 21.4. The highest BCUT2D eigenvalue weighted by atomic mass is 19.1. The van der Waals surface area contributed by atoms with Gasteiger partial charge in [0, 0.05) is 11.8 Å².